The summed E-state index contributed by atoms with van der Waals surface area (Å²) in [6.45, 7) is 0.393. The van der Waals surface area contributed by atoms with Crippen LogP contribution in [0.5, 0.6) is 5.75 Å². The van der Waals surface area contributed by atoms with Crippen molar-refractivity contribution < 1.29 is 13.2 Å². The molecule has 114 valence electrons. The molecule has 2 rings (SSSR count). The van der Waals surface area contributed by atoms with Crippen LogP contribution in [0.1, 0.15) is 5.01 Å². The molecule has 0 saturated carbocycles. The summed E-state index contributed by atoms with van der Waals surface area (Å²) >= 11 is 1.51. The summed E-state index contributed by atoms with van der Waals surface area (Å²) in [5.41, 5.74) is 6.20. The second kappa shape index (κ2) is 7.39. The van der Waals surface area contributed by atoms with Gasteiger partial charge in [-0.05, 0) is 12.1 Å². The second-order valence-electron chi connectivity index (χ2n) is 4.28. The molecule has 1 heterocycles. The number of sulfonamides is 1. The zero-order chi connectivity index (χ0) is 15.1. The fourth-order valence-corrected chi connectivity index (χ4v) is 3.12. The van der Waals surface area contributed by atoms with Crippen molar-refractivity contribution in [1.29, 1.82) is 0 Å². The molecule has 0 aliphatic heterocycles. The third-order valence-electron chi connectivity index (χ3n) is 2.67. The van der Waals surface area contributed by atoms with Crippen molar-refractivity contribution in [3.63, 3.8) is 0 Å². The van der Waals surface area contributed by atoms with Gasteiger partial charge in [-0.3, -0.25) is 0 Å². The van der Waals surface area contributed by atoms with Gasteiger partial charge in [-0.15, -0.1) is 11.3 Å². The standard InChI is InChI=1S/C13H17N3O3S2/c14-11-3-1-2-4-12(11)19-8-10-21(17,18)16-6-5-13-15-7-9-20-13/h1-4,7,9,16H,5-6,8,10,14H2. The average Bonchev–Trinajstić information content (AvgIpc) is 2.94. The topological polar surface area (TPSA) is 94.3 Å². The number of nitrogens with two attached hydrogens (primary N) is 1. The predicted molar refractivity (Wildman–Crippen MR) is 84.0 cm³/mol. The first-order valence-corrected chi connectivity index (χ1v) is 8.93. The van der Waals surface area contributed by atoms with E-state index in [1.807, 2.05) is 5.38 Å². The lowest BCUT2D eigenvalue weighted by Crippen LogP contribution is -2.30. The summed E-state index contributed by atoms with van der Waals surface area (Å²) in [7, 11) is -3.36. The molecular formula is C13H17N3O3S2. The molecule has 0 aliphatic carbocycles. The Kier molecular flexibility index (Phi) is 5.54. The molecule has 0 radical (unpaired) electrons. The monoisotopic (exact) mass is 327 g/mol. The van der Waals surface area contributed by atoms with Crippen LogP contribution in [0.3, 0.4) is 0 Å². The van der Waals surface area contributed by atoms with Gasteiger partial charge in [0.15, 0.2) is 0 Å². The van der Waals surface area contributed by atoms with Crippen LogP contribution in [0.2, 0.25) is 0 Å². The highest BCUT2D eigenvalue weighted by Crippen LogP contribution is 2.19. The number of thiazole rings is 1. The van der Waals surface area contributed by atoms with Crippen molar-refractivity contribution >= 4 is 27.0 Å². The summed E-state index contributed by atoms with van der Waals surface area (Å²) in [6, 6.07) is 6.99. The van der Waals surface area contributed by atoms with E-state index in [0.717, 1.165) is 5.01 Å². The molecule has 0 spiro atoms. The number of ether oxygens (including phenoxy) is 1. The van der Waals surface area contributed by atoms with Gasteiger partial charge in [-0.25, -0.2) is 18.1 Å². The second-order valence-corrected chi connectivity index (χ2v) is 7.18. The zero-order valence-corrected chi connectivity index (χ0v) is 13.0. The Morgan fingerprint density at radius 3 is 2.86 bits per heavy atom. The molecule has 2 aromatic rings. The molecule has 1 aromatic heterocycles. The van der Waals surface area contributed by atoms with E-state index in [-0.39, 0.29) is 12.4 Å². The van der Waals surface area contributed by atoms with E-state index in [2.05, 4.69) is 9.71 Å². The highest BCUT2D eigenvalue weighted by Gasteiger charge is 2.10. The number of benzene rings is 1. The van der Waals surface area contributed by atoms with Gasteiger partial charge in [-0.1, -0.05) is 12.1 Å². The molecule has 0 saturated heterocycles. The summed E-state index contributed by atoms with van der Waals surface area (Å²) < 4.78 is 31.5. The predicted octanol–water partition coefficient (Wildman–Crippen LogP) is 1.27. The Labute approximate surface area is 128 Å². The van der Waals surface area contributed by atoms with Gasteiger partial charge in [0.1, 0.15) is 12.4 Å². The maximum Gasteiger partial charge on any atom is 0.214 e. The van der Waals surface area contributed by atoms with E-state index < -0.39 is 10.0 Å². The molecule has 0 unspecified atom stereocenters. The molecule has 0 aliphatic rings. The first kappa shape index (κ1) is 15.7. The van der Waals surface area contributed by atoms with Crippen LogP contribution in [-0.4, -0.2) is 32.3 Å². The summed E-state index contributed by atoms with van der Waals surface area (Å²) in [5.74, 6) is 0.384. The van der Waals surface area contributed by atoms with E-state index in [1.54, 1.807) is 30.5 Å². The molecule has 0 fully saturated rings. The molecule has 0 atom stereocenters. The molecule has 1 aromatic carbocycles. The Hall–Kier alpha value is -1.64. The lowest BCUT2D eigenvalue weighted by Gasteiger charge is -2.09. The lowest BCUT2D eigenvalue weighted by molar-refractivity contribution is 0.342. The number of anilines is 1. The van der Waals surface area contributed by atoms with Crippen molar-refractivity contribution in [2.24, 2.45) is 0 Å². The van der Waals surface area contributed by atoms with Gasteiger partial charge in [0.25, 0.3) is 0 Å². The average molecular weight is 327 g/mol. The number of hydrogen-bond acceptors (Lipinski definition) is 6. The SMILES string of the molecule is Nc1ccccc1OCCS(=O)(=O)NCCc1nccs1. The van der Waals surface area contributed by atoms with Gasteiger partial charge >= 0.3 is 0 Å². The first-order valence-electron chi connectivity index (χ1n) is 6.40. The maximum absolute atomic E-state index is 11.8. The largest absolute Gasteiger partial charge is 0.490 e. The molecule has 21 heavy (non-hydrogen) atoms. The number of aromatic nitrogens is 1. The van der Waals surface area contributed by atoms with Gasteiger partial charge in [0.05, 0.1) is 16.4 Å². The number of nitrogens with zero attached hydrogens (tertiary/aromatic N) is 1. The summed E-state index contributed by atoms with van der Waals surface area (Å²) in [6.07, 6.45) is 2.29. The summed E-state index contributed by atoms with van der Waals surface area (Å²) in [4.78, 5) is 4.09. The van der Waals surface area contributed by atoms with Crippen molar-refractivity contribution in [1.82, 2.24) is 9.71 Å². The van der Waals surface area contributed by atoms with Gasteiger partial charge < -0.3 is 10.5 Å². The summed E-state index contributed by atoms with van der Waals surface area (Å²) in [5, 5.41) is 2.77. The lowest BCUT2D eigenvalue weighted by atomic mass is 10.3. The number of nitrogens with one attached hydrogen (secondary N) is 1. The van der Waals surface area contributed by atoms with Crippen LogP contribution < -0.4 is 15.2 Å². The maximum atomic E-state index is 11.8. The molecular weight excluding hydrogens is 310 g/mol. The Morgan fingerprint density at radius 2 is 2.14 bits per heavy atom. The van der Waals surface area contributed by atoms with Crippen LogP contribution >= 0.6 is 11.3 Å². The van der Waals surface area contributed by atoms with E-state index in [9.17, 15) is 8.42 Å². The van der Waals surface area contributed by atoms with E-state index in [1.165, 1.54) is 11.3 Å². The first-order chi connectivity index (χ1) is 10.1. The normalized spacial score (nSPS) is 11.4. The number of para-hydroxylation sites is 2. The van der Waals surface area contributed by atoms with Crippen LogP contribution in [-0.2, 0) is 16.4 Å². The fraction of sp³-hybridized carbons (Fsp3) is 0.308. The van der Waals surface area contributed by atoms with Crippen molar-refractivity contribution in [3.8, 4) is 5.75 Å². The Bertz CT molecular complexity index is 657. The Morgan fingerprint density at radius 1 is 1.33 bits per heavy atom. The van der Waals surface area contributed by atoms with Crippen molar-refractivity contribution in [2.45, 2.75) is 6.42 Å². The molecule has 8 heteroatoms. The number of hydrogen-bond donors (Lipinski definition) is 2. The smallest absolute Gasteiger partial charge is 0.214 e. The van der Waals surface area contributed by atoms with Gasteiger partial charge in [0.2, 0.25) is 10.0 Å². The Balaban J connectivity index is 1.72. The van der Waals surface area contributed by atoms with Crippen molar-refractivity contribution in [3.05, 3.63) is 40.8 Å². The molecule has 3 N–H and O–H groups in total. The number of nitrogen functional groups attached to an aromatic ring is 1. The van der Waals surface area contributed by atoms with E-state index in [4.69, 9.17) is 10.5 Å². The van der Waals surface area contributed by atoms with E-state index in [0.29, 0.717) is 24.4 Å². The molecule has 6 nitrogen and oxygen atoms in total. The zero-order valence-electron chi connectivity index (χ0n) is 11.4. The number of rotatable bonds is 8. The quantitative estimate of drug-likeness (QED) is 0.712. The minimum absolute atomic E-state index is 0.0563. The highest BCUT2D eigenvalue weighted by molar-refractivity contribution is 7.89. The van der Waals surface area contributed by atoms with Crippen LogP contribution in [0.25, 0.3) is 0 Å². The van der Waals surface area contributed by atoms with Crippen LogP contribution in [0.4, 0.5) is 5.69 Å². The third kappa shape index (κ3) is 5.33. The third-order valence-corrected chi connectivity index (χ3v) is 4.86. The minimum atomic E-state index is -3.36. The minimum Gasteiger partial charge on any atom is -0.490 e. The highest BCUT2D eigenvalue weighted by atomic mass is 32.2. The fourth-order valence-electron chi connectivity index (χ4n) is 1.64. The van der Waals surface area contributed by atoms with Crippen LogP contribution in [0, 0.1) is 0 Å². The molecule has 0 amide bonds. The van der Waals surface area contributed by atoms with E-state index >= 15 is 0 Å². The van der Waals surface area contributed by atoms with Crippen LogP contribution in [0.15, 0.2) is 35.8 Å². The molecule has 0 bridgehead atoms. The van der Waals surface area contributed by atoms with Gasteiger partial charge in [-0.2, -0.15) is 0 Å². The van der Waals surface area contributed by atoms with Gasteiger partial charge in [0, 0.05) is 24.5 Å². The van der Waals surface area contributed by atoms with Crippen molar-refractivity contribution in [2.75, 3.05) is 24.6 Å².